The van der Waals surface area contributed by atoms with Gasteiger partial charge in [0.05, 0.1) is 11.9 Å². The van der Waals surface area contributed by atoms with Crippen LogP contribution in [0.4, 0.5) is 5.69 Å². The molecular formula is C29H34N2O7S2. The van der Waals surface area contributed by atoms with Gasteiger partial charge in [-0.2, -0.15) is 0 Å². The van der Waals surface area contributed by atoms with Gasteiger partial charge in [0.1, 0.15) is 5.75 Å². The number of sulfonamides is 1. The van der Waals surface area contributed by atoms with E-state index in [1.54, 1.807) is 25.1 Å². The number of carboxylic acid groups (broad SMARTS) is 1. The van der Waals surface area contributed by atoms with Crippen molar-refractivity contribution in [3.63, 3.8) is 0 Å². The van der Waals surface area contributed by atoms with Crippen molar-refractivity contribution < 1.29 is 32.6 Å². The fraction of sp³-hybridized carbons (Fsp3) is 0.379. The van der Waals surface area contributed by atoms with Gasteiger partial charge in [-0.05, 0) is 56.9 Å². The lowest BCUT2D eigenvalue weighted by Gasteiger charge is -2.32. The SMILES string of the molecule is Cc1c(-c2cccc(NC3CCN(S(=O)(=O)Cc4ccccc4)CC3)c2)sc(C(=O)O)c1OCC(=O)OC(C)C. The maximum Gasteiger partial charge on any atom is 0.349 e. The van der Waals surface area contributed by atoms with Gasteiger partial charge in [0.25, 0.3) is 0 Å². The molecule has 1 fully saturated rings. The average molecular weight is 587 g/mol. The van der Waals surface area contributed by atoms with E-state index in [9.17, 15) is 23.1 Å². The molecule has 2 heterocycles. The van der Waals surface area contributed by atoms with Crippen molar-refractivity contribution in [3.8, 4) is 16.2 Å². The van der Waals surface area contributed by atoms with Crippen molar-refractivity contribution >= 4 is 39.0 Å². The van der Waals surface area contributed by atoms with Crippen molar-refractivity contribution in [3.05, 3.63) is 70.6 Å². The number of nitrogens with one attached hydrogen (secondary N) is 1. The van der Waals surface area contributed by atoms with E-state index in [0.29, 0.717) is 31.5 Å². The van der Waals surface area contributed by atoms with Crippen molar-refractivity contribution in [2.24, 2.45) is 0 Å². The van der Waals surface area contributed by atoms with Crippen LogP contribution in [0, 0.1) is 6.92 Å². The van der Waals surface area contributed by atoms with Crippen LogP contribution in [0.25, 0.3) is 10.4 Å². The van der Waals surface area contributed by atoms with E-state index in [1.165, 1.54) is 0 Å². The standard InChI is InChI=1S/C29H34N2O7S2/c1-19(2)38-25(32)17-37-26-20(3)27(39-28(26)29(33)34)22-10-7-11-24(16-22)30-23-12-14-31(15-13-23)40(35,36)18-21-8-5-4-6-9-21/h4-11,16,19,23,30H,12-15,17-18H2,1-3H3,(H,33,34). The van der Waals surface area contributed by atoms with Crippen LogP contribution in [-0.4, -0.2) is 61.6 Å². The summed E-state index contributed by atoms with van der Waals surface area (Å²) in [5.41, 5.74) is 3.08. The van der Waals surface area contributed by atoms with Crippen LogP contribution in [-0.2, 0) is 25.3 Å². The summed E-state index contributed by atoms with van der Waals surface area (Å²) in [6.45, 7) is 5.74. The minimum absolute atomic E-state index is 0.00289. The topological polar surface area (TPSA) is 122 Å². The van der Waals surface area contributed by atoms with Crippen molar-refractivity contribution in [2.75, 3.05) is 25.0 Å². The molecule has 40 heavy (non-hydrogen) atoms. The molecule has 11 heteroatoms. The Morgan fingerprint density at radius 1 is 1.10 bits per heavy atom. The quantitative estimate of drug-likeness (QED) is 0.296. The predicted octanol–water partition coefficient (Wildman–Crippen LogP) is 5.16. The van der Waals surface area contributed by atoms with Gasteiger partial charge in [0.2, 0.25) is 10.0 Å². The van der Waals surface area contributed by atoms with Crippen LogP contribution < -0.4 is 10.1 Å². The number of piperidine rings is 1. The Kier molecular flexibility index (Phi) is 9.49. The Bertz CT molecular complexity index is 1440. The van der Waals surface area contributed by atoms with Gasteiger partial charge in [-0.1, -0.05) is 42.5 Å². The number of rotatable bonds is 11. The number of ether oxygens (including phenoxy) is 2. The number of esters is 1. The summed E-state index contributed by atoms with van der Waals surface area (Å²) >= 11 is 1.09. The predicted molar refractivity (Wildman–Crippen MR) is 155 cm³/mol. The number of anilines is 1. The lowest BCUT2D eigenvalue weighted by atomic mass is 10.0. The third-order valence-corrected chi connectivity index (χ3v) is 9.68. The number of hydrogen-bond acceptors (Lipinski definition) is 8. The van der Waals surface area contributed by atoms with Crippen LogP contribution in [0.5, 0.6) is 5.75 Å². The number of nitrogens with zero attached hydrogens (tertiary/aromatic N) is 1. The molecule has 1 aliphatic heterocycles. The number of carbonyl (C=O) groups is 2. The van der Waals surface area contributed by atoms with E-state index in [-0.39, 0.29) is 35.1 Å². The highest BCUT2D eigenvalue weighted by Gasteiger charge is 2.28. The van der Waals surface area contributed by atoms with Crippen molar-refractivity contribution in [2.45, 2.75) is 51.5 Å². The Morgan fingerprint density at radius 2 is 1.80 bits per heavy atom. The van der Waals surface area contributed by atoms with Gasteiger partial charge in [-0.25, -0.2) is 22.3 Å². The van der Waals surface area contributed by atoms with Gasteiger partial charge in [0, 0.05) is 35.3 Å². The summed E-state index contributed by atoms with van der Waals surface area (Å²) < 4.78 is 38.0. The molecule has 9 nitrogen and oxygen atoms in total. The maximum absolute atomic E-state index is 12.9. The molecule has 0 atom stereocenters. The molecule has 4 rings (SSSR count). The first kappa shape index (κ1) is 29.6. The van der Waals surface area contributed by atoms with E-state index in [4.69, 9.17) is 9.47 Å². The van der Waals surface area contributed by atoms with E-state index in [0.717, 1.165) is 33.0 Å². The highest BCUT2D eigenvalue weighted by atomic mass is 32.2. The second kappa shape index (κ2) is 12.8. The number of carbonyl (C=O) groups excluding carboxylic acids is 1. The summed E-state index contributed by atoms with van der Waals surface area (Å²) in [5, 5.41) is 13.3. The maximum atomic E-state index is 12.9. The molecule has 2 N–H and O–H groups in total. The van der Waals surface area contributed by atoms with Crippen LogP contribution in [0.1, 0.15) is 47.5 Å². The fourth-order valence-electron chi connectivity index (χ4n) is 4.66. The molecule has 2 aromatic carbocycles. The molecule has 1 aliphatic rings. The van der Waals surface area contributed by atoms with Crippen molar-refractivity contribution in [1.82, 2.24) is 4.31 Å². The lowest BCUT2D eigenvalue weighted by Crippen LogP contribution is -2.42. The summed E-state index contributed by atoms with van der Waals surface area (Å²) in [7, 11) is -3.39. The smallest absolute Gasteiger partial charge is 0.349 e. The monoisotopic (exact) mass is 586 g/mol. The van der Waals surface area contributed by atoms with E-state index in [2.05, 4.69) is 5.32 Å². The fourth-order valence-corrected chi connectivity index (χ4v) is 7.31. The molecule has 0 unspecified atom stereocenters. The lowest BCUT2D eigenvalue weighted by molar-refractivity contribution is -0.149. The molecule has 1 saturated heterocycles. The normalized spacial score (nSPS) is 14.7. The Balaban J connectivity index is 1.42. The summed E-state index contributed by atoms with van der Waals surface area (Å²) in [6.07, 6.45) is 1.05. The number of thiophene rings is 1. The van der Waals surface area contributed by atoms with Gasteiger partial charge in [0.15, 0.2) is 11.5 Å². The molecule has 0 aliphatic carbocycles. The van der Waals surface area contributed by atoms with Crippen LogP contribution in [0.3, 0.4) is 0 Å². The summed E-state index contributed by atoms with van der Waals surface area (Å²) in [5.74, 6) is -1.54. The Hall–Kier alpha value is -3.41. The second-order valence-electron chi connectivity index (χ2n) is 9.99. The number of carboxylic acids is 1. The van der Waals surface area contributed by atoms with Crippen molar-refractivity contribution in [1.29, 1.82) is 0 Å². The number of benzene rings is 2. The zero-order valence-corrected chi connectivity index (χ0v) is 24.4. The highest BCUT2D eigenvalue weighted by molar-refractivity contribution is 7.88. The van der Waals surface area contributed by atoms with Gasteiger partial charge < -0.3 is 19.9 Å². The number of hydrogen-bond donors (Lipinski definition) is 2. The first-order chi connectivity index (χ1) is 19.0. The zero-order chi connectivity index (χ0) is 28.9. The second-order valence-corrected chi connectivity index (χ2v) is 13.0. The third-order valence-electron chi connectivity index (χ3n) is 6.52. The van der Waals surface area contributed by atoms with Gasteiger partial charge >= 0.3 is 11.9 Å². The van der Waals surface area contributed by atoms with Crippen LogP contribution in [0.2, 0.25) is 0 Å². The molecule has 1 aromatic heterocycles. The largest absolute Gasteiger partial charge is 0.480 e. The van der Waals surface area contributed by atoms with Crippen LogP contribution >= 0.6 is 11.3 Å². The average Bonchev–Trinajstić information content (AvgIpc) is 3.24. The molecule has 3 aromatic rings. The molecule has 0 radical (unpaired) electrons. The molecule has 0 spiro atoms. The molecule has 0 saturated carbocycles. The Morgan fingerprint density at radius 3 is 2.45 bits per heavy atom. The molecule has 214 valence electrons. The summed E-state index contributed by atoms with van der Waals surface area (Å²) in [4.78, 5) is 24.6. The zero-order valence-electron chi connectivity index (χ0n) is 22.8. The van der Waals surface area contributed by atoms with E-state index in [1.807, 2.05) is 54.6 Å². The van der Waals surface area contributed by atoms with E-state index < -0.39 is 22.0 Å². The highest BCUT2D eigenvalue weighted by Crippen LogP contribution is 2.42. The third kappa shape index (κ3) is 7.41. The first-order valence-corrected chi connectivity index (χ1v) is 15.5. The molecule has 0 amide bonds. The van der Waals surface area contributed by atoms with E-state index >= 15 is 0 Å². The minimum atomic E-state index is -3.39. The van der Waals surface area contributed by atoms with Gasteiger partial charge in [-0.15, -0.1) is 11.3 Å². The first-order valence-electron chi connectivity index (χ1n) is 13.1. The Labute approximate surface area is 238 Å². The van der Waals surface area contributed by atoms with Gasteiger partial charge in [-0.3, -0.25) is 0 Å². The summed E-state index contributed by atoms with van der Waals surface area (Å²) in [6, 6.07) is 17.0. The molecular weight excluding hydrogens is 552 g/mol. The van der Waals surface area contributed by atoms with Crippen LogP contribution in [0.15, 0.2) is 54.6 Å². The molecule has 0 bridgehead atoms. The number of aromatic carboxylic acids is 1. The minimum Gasteiger partial charge on any atom is -0.480 e.